The summed E-state index contributed by atoms with van der Waals surface area (Å²) in [6, 6.07) is 10.0. The van der Waals surface area contributed by atoms with E-state index in [1.54, 1.807) is 0 Å². The lowest BCUT2D eigenvalue weighted by Gasteiger charge is -1.97. The van der Waals surface area contributed by atoms with Gasteiger partial charge in [-0.2, -0.15) is 0 Å². The molecule has 0 bridgehead atoms. The highest BCUT2D eigenvalue weighted by atomic mass is 16.5. The van der Waals surface area contributed by atoms with E-state index in [0.717, 1.165) is 19.4 Å². The summed E-state index contributed by atoms with van der Waals surface area (Å²) in [4.78, 5) is 0. The van der Waals surface area contributed by atoms with Crippen molar-refractivity contribution in [1.82, 2.24) is 0 Å². The smallest absolute Gasteiger partial charge is 0.0697 e. The lowest BCUT2D eigenvalue weighted by molar-refractivity contribution is 0.0904. The molecule has 0 heterocycles. The van der Waals surface area contributed by atoms with E-state index in [9.17, 15) is 0 Å². The van der Waals surface area contributed by atoms with Gasteiger partial charge in [0.1, 0.15) is 0 Å². The van der Waals surface area contributed by atoms with Crippen LogP contribution in [0, 0.1) is 0 Å². The minimum Gasteiger partial charge on any atom is -0.394 e. The normalized spacial score (nSPS) is 9.12. The maximum atomic E-state index is 8.24. The van der Waals surface area contributed by atoms with Crippen LogP contribution in [0.2, 0.25) is 0 Å². The van der Waals surface area contributed by atoms with E-state index in [1.165, 1.54) is 5.56 Å². The number of aliphatic hydroxyl groups is 1. The Balaban J connectivity index is 0.000000281. The molecule has 2 heteroatoms. The van der Waals surface area contributed by atoms with Gasteiger partial charge in [-0.1, -0.05) is 56.3 Å². The Morgan fingerprint density at radius 1 is 1.25 bits per heavy atom. The molecule has 0 aliphatic rings. The monoisotopic (exact) mass is 222 g/mol. The van der Waals surface area contributed by atoms with Gasteiger partial charge in [0.2, 0.25) is 0 Å². The standard InChI is InChI=1S/C8H8.C6H14O2/c1-2-8-6-4-3-5-7-8;1-2-3-5-8-6-4-7/h2-7H,1H2;7H,2-6H2,1H3. The van der Waals surface area contributed by atoms with E-state index in [0.29, 0.717) is 6.61 Å². The summed E-state index contributed by atoms with van der Waals surface area (Å²) in [5.74, 6) is 0. The molecule has 0 fully saturated rings. The summed E-state index contributed by atoms with van der Waals surface area (Å²) in [7, 11) is 0. The van der Waals surface area contributed by atoms with E-state index < -0.39 is 0 Å². The molecule has 16 heavy (non-hydrogen) atoms. The molecule has 1 aromatic carbocycles. The molecule has 0 aromatic heterocycles. The molecule has 0 unspecified atom stereocenters. The van der Waals surface area contributed by atoms with Crippen molar-refractivity contribution in [3.63, 3.8) is 0 Å². The van der Waals surface area contributed by atoms with Crippen LogP contribution in [0.5, 0.6) is 0 Å². The minimum atomic E-state index is 0.143. The predicted octanol–water partition coefficient (Wildman–Crippen LogP) is 3.13. The molecule has 0 aliphatic heterocycles. The minimum absolute atomic E-state index is 0.143. The summed E-state index contributed by atoms with van der Waals surface area (Å²) in [5.41, 5.74) is 1.17. The van der Waals surface area contributed by atoms with Crippen LogP contribution in [0.3, 0.4) is 0 Å². The van der Waals surface area contributed by atoms with Gasteiger partial charge in [0, 0.05) is 6.61 Å². The molecule has 0 atom stereocenters. The zero-order valence-corrected chi connectivity index (χ0v) is 10.1. The average molecular weight is 222 g/mol. The number of unbranched alkanes of at least 4 members (excludes halogenated alkanes) is 1. The first kappa shape index (κ1) is 14.9. The zero-order chi connectivity index (χ0) is 12.1. The summed E-state index contributed by atoms with van der Waals surface area (Å²) < 4.78 is 4.97. The number of benzene rings is 1. The Bertz CT molecular complexity index is 238. The first-order valence-corrected chi connectivity index (χ1v) is 5.71. The van der Waals surface area contributed by atoms with Crippen LogP contribution in [0.15, 0.2) is 36.9 Å². The van der Waals surface area contributed by atoms with E-state index in [1.807, 2.05) is 36.4 Å². The maximum Gasteiger partial charge on any atom is 0.0697 e. The Hall–Kier alpha value is -1.12. The molecule has 0 saturated heterocycles. The van der Waals surface area contributed by atoms with Gasteiger partial charge in [0.15, 0.2) is 0 Å². The molecule has 0 saturated carbocycles. The molecule has 1 aromatic rings. The van der Waals surface area contributed by atoms with Crippen molar-refractivity contribution >= 4 is 6.08 Å². The quantitative estimate of drug-likeness (QED) is 0.749. The van der Waals surface area contributed by atoms with Crippen molar-refractivity contribution in [3.8, 4) is 0 Å². The second kappa shape index (κ2) is 12.0. The largest absolute Gasteiger partial charge is 0.394 e. The van der Waals surface area contributed by atoms with Crippen LogP contribution >= 0.6 is 0 Å². The van der Waals surface area contributed by atoms with Crippen LogP contribution in [-0.2, 0) is 4.74 Å². The van der Waals surface area contributed by atoms with Crippen molar-refractivity contribution in [2.45, 2.75) is 19.8 Å². The van der Waals surface area contributed by atoms with E-state index in [-0.39, 0.29) is 6.61 Å². The molecular weight excluding hydrogens is 200 g/mol. The lowest BCUT2D eigenvalue weighted by atomic mass is 10.2. The highest BCUT2D eigenvalue weighted by molar-refractivity contribution is 5.45. The molecule has 1 N–H and O–H groups in total. The average Bonchev–Trinajstić information content (AvgIpc) is 2.36. The fourth-order valence-electron chi connectivity index (χ4n) is 1.00. The van der Waals surface area contributed by atoms with E-state index >= 15 is 0 Å². The van der Waals surface area contributed by atoms with Gasteiger partial charge < -0.3 is 9.84 Å². The summed E-state index contributed by atoms with van der Waals surface area (Å²) in [6.45, 7) is 7.16. The molecule has 1 rings (SSSR count). The van der Waals surface area contributed by atoms with E-state index in [2.05, 4.69) is 13.5 Å². The Morgan fingerprint density at radius 2 is 1.94 bits per heavy atom. The van der Waals surface area contributed by atoms with Gasteiger partial charge in [0.25, 0.3) is 0 Å². The SMILES string of the molecule is C=Cc1ccccc1.CCCCOCCO. The predicted molar refractivity (Wildman–Crippen MR) is 69.3 cm³/mol. The maximum absolute atomic E-state index is 8.24. The fraction of sp³-hybridized carbons (Fsp3) is 0.429. The summed E-state index contributed by atoms with van der Waals surface area (Å²) >= 11 is 0. The fourth-order valence-corrected chi connectivity index (χ4v) is 1.00. The molecule has 0 amide bonds. The molecule has 0 aliphatic carbocycles. The second-order valence-electron chi connectivity index (χ2n) is 3.30. The highest BCUT2D eigenvalue weighted by Gasteiger charge is 1.82. The van der Waals surface area contributed by atoms with Gasteiger partial charge in [-0.05, 0) is 12.0 Å². The van der Waals surface area contributed by atoms with Gasteiger partial charge in [-0.3, -0.25) is 0 Å². The summed E-state index contributed by atoms with van der Waals surface area (Å²) in [5, 5.41) is 8.24. The molecule has 90 valence electrons. The van der Waals surface area contributed by atoms with Gasteiger partial charge >= 0.3 is 0 Å². The number of hydrogen-bond donors (Lipinski definition) is 1. The van der Waals surface area contributed by atoms with Crippen LogP contribution in [0.1, 0.15) is 25.3 Å². The number of aliphatic hydroxyl groups excluding tert-OH is 1. The van der Waals surface area contributed by atoms with Crippen molar-refractivity contribution in [1.29, 1.82) is 0 Å². The Morgan fingerprint density at radius 3 is 2.38 bits per heavy atom. The third-order valence-corrected chi connectivity index (χ3v) is 1.91. The van der Waals surface area contributed by atoms with Crippen molar-refractivity contribution in [2.24, 2.45) is 0 Å². The molecule has 2 nitrogen and oxygen atoms in total. The zero-order valence-electron chi connectivity index (χ0n) is 10.1. The van der Waals surface area contributed by atoms with E-state index in [4.69, 9.17) is 9.84 Å². The Labute approximate surface area is 98.6 Å². The topological polar surface area (TPSA) is 29.5 Å². The van der Waals surface area contributed by atoms with Gasteiger partial charge in [-0.25, -0.2) is 0 Å². The number of rotatable bonds is 6. The second-order valence-corrected chi connectivity index (χ2v) is 3.30. The van der Waals surface area contributed by atoms with Crippen molar-refractivity contribution in [2.75, 3.05) is 19.8 Å². The van der Waals surface area contributed by atoms with Crippen molar-refractivity contribution in [3.05, 3.63) is 42.5 Å². The first-order chi connectivity index (χ1) is 7.85. The van der Waals surface area contributed by atoms with Crippen LogP contribution in [0.4, 0.5) is 0 Å². The summed E-state index contributed by atoms with van der Waals surface area (Å²) in [6.07, 6.45) is 4.09. The van der Waals surface area contributed by atoms with Crippen molar-refractivity contribution < 1.29 is 9.84 Å². The highest BCUT2D eigenvalue weighted by Crippen LogP contribution is 1.97. The molecular formula is C14H22O2. The lowest BCUT2D eigenvalue weighted by Crippen LogP contribution is -1.99. The third kappa shape index (κ3) is 9.44. The van der Waals surface area contributed by atoms with Gasteiger partial charge in [0.05, 0.1) is 13.2 Å². The number of hydrogen-bond acceptors (Lipinski definition) is 2. The van der Waals surface area contributed by atoms with Crippen LogP contribution in [-0.4, -0.2) is 24.9 Å². The van der Waals surface area contributed by atoms with Crippen LogP contribution in [0.25, 0.3) is 6.08 Å². The molecule has 0 spiro atoms. The van der Waals surface area contributed by atoms with Crippen LogP contribution < -0.4 is 0 Å². The first-order valence-electron chi connectivity index (χ1n) is 5.71. The van der Waals surface area contributed by atoms with Gasteiger partial charge in [-0.15, -0.1) is 0 Å². The molecule has 0 radical (unpaired) electrons. The Kier molecular flexibility index (Phi) is 11.1. The third-order valence-electron chi connectivity index (χ3n) is 1.91. The number of ether oxygens (including phenoxy) is 1.